The zero-order chi connectivity index (χ0) is 13.3. The van der Waals surface area contributed by atoms with Crippen LogP contribution in [0.1, 0.15) is 17.3 Å². The summed E-state index contributed by atoms with van der Waals surface area (Å²) in [5.74, 6) is -1.89. The van der Waals surface area contributed by atoms with Gasteiger partial charge in [-0.1, -0.05) is 0 Å². The number of benzene rings is 1. The van der Waals surface area contributed by atoms with Crippen LogP contribution in [0.3, 0.4) is 0 Å². The highest BCUT2D eigenvalue weighted by molar-refractivity contribution is 14.1. The van der Waals surface area contributed by atoms with E-state index in [-0.39, 0.29) is 15.2 Å². The molecular formula is C12H12F2INO2. The van der Waals surface area contributed by atoms with Gasteiger partial charge in [0.15, 0.2) is 0 Å². The van der Waals surface area contributed by atoms with Gasteiger partial charge in [-0.25, -0.2) is 8.78 Å². The zero-order valence-corrected chi connectivity index (χ0v) is 11.9. The van der Waals surface area contributed by atoms with Crippen molar-refractivity contribution in [2.45, 2.75) is 13.0 Å². The molecule has 1 aliphatic heterocycles. The summed E-state index contributed by atoms with van der Waals surface area (Å²) in [5.41, 5.74) is -0.0881. The first kappa shape index (κ1) is 13.7. The molecule has 0 aliphatic carbocycles. The lowest BCUT2D eigenvalue weighted by Gasteiger charge is -2.31. The number of rotatable bonds is 1. The van der Waals surface area contributed by atoms with E-state index in [0.717, 1.165) is 6.07 Å². The van der Waals surface area contributed by atoms with E-state index in [1.165, 1.54) is 11.0 Å². The van der Waals surface area contributed by atoms with E-state index in [1.54, 1.807) is 22.6 Å². The molecule has 98 valence electrons. The van der Waals surface area contributed by atoms with E-state index in [4.69, 9.17) is 4.74 Å². The second kappa shape index (κ2) is 5.48. The minimum atomic E-state index is -0.822. The molecule has 0 radical (unpaired) electrons. The Morgan fingerprint density at radius 3 is 2.83 bits per heavy atom. The van der Waals surface area contributed by atoms with Gasteiger partial charge in [-0.05, 0) is 35.6 Å². The average Bonchev–Trinajstić information content (AvgIpc) is 2.33. The first-order chi connectivity index (χ1) is 8.49. The van der Waals surface area contributed by atoms with Gasteiger partial charge in [-0.15, -0.1) is 0 Å². The molecule has 1 aliphatic rings. The fourth-order valence-corrected chi connectivity index (χ4v) is 2.33. The largest absolute Gasteiger partial charge is 0.375 e. The van der Waals surface area contributed by atoms with Crippen molar-refractivity contribution in [3.63, 3.8) is 0 Å². The second-order valence-electron chi connectivity index (χ2n) is 4.18. The Labute approximate surface area is 117 Å². The van der Waals surface area contributed by atoms with E-state index in [2.05, 4.69) is 0 Å². The lowest BCUT2D eigenvalue weighted by Crippen LogP contribution is -2.44. The van der Waals surface area contributed by atoms with Crippen molar-refractivity contribution in [1.82, 2.24) is 4.90 Å². The number of amides is 1. The van der Waals surface area contributed by atoms with Crippen molar-refractivity contribution in [2.75, 3.05) is 19.7 Å². The molecule has 1 unspecified atom stereocenters. The maximum Gasteiger partial charge on any atom is 0.257 e. The molecule has 0 N–H and O–H groups in total. The van der Waals surface area contributed by atoms with E-state index < -0.39 is 17.5 Å². The van der Waals surface area contributed by atoms with Crippen LogP contribution in [0, 0.1) is 15.2 Å². The minimum absolute atomic E-state index is 0.0646. The predicted molar refractivity (Wildman–Crippen MR) is 70.4 cm³/mol. The molecule has 3 nitrogen and oxygen atoms in total. The molecule has 1 saturated heterocycles. The number of morpholine rings is 1. The van der Waals surface area contributed by atoms with Crippen molar-refractivity contribution in [1.29, 1.82) is 0 Å². The maximum atomic E-state index is 13.6. The van der Waals surface area contributed by atoms with Crippen LogP contribution in [0.5, 0.6) is 0 Å². The smallest absolute Gasteiger partial charge is 0.257 e. The molecule has 0 spiro atoms. The molecule has 1 aromatic carbocycles. The number of carbonyl (C=O) groups excluding carboxylic acids is 1. The number of nitrogens with zero attached hydrogens (tertiary/aromatic N) is 1. The molecule has 6 heteroatoms. The molecule has 1 amide bonds. The molecule has 0 bridgehead atoms. The third-order valence-electron chi connectivity index (χ3n) is 2.77. The highest BCUT2D eigenvalue weighted by atomic mass is 127. The van der Waals surface area contributed by atoms with Gasteiger partial charge in [-0.3, -0.25) is 4.79 Å². The Bertz CT molecular complexity index is 481. The van der Waals surface area contributed by atoms with Crippen molar-refractivity contribution in [2.24, 2.45) is 0 Å². The summed E-state index contributed by atoms with van der Waals surface area (Å²) in [5, 5.41) is 0. The average molecular weight is 367 g/mol. The molecule has 18 heavy (non-hydrogen) atoms. The van der Waals surface area contributed by atoms with Crippen molar-refractivity contribution < 1.29 is 18.3 Å². The Hall–Kier alpha value is -0.760. The van der Waals surface area contributed by atoms with Crippen LogP contribution < -0.4 is 0 Å². The van der Waals surface area contributed by atoms with Gasteiger partial charge in [0.2, 0.25) is 0 Å². The first-order valence-corrected chi connectivity index (χ1v) is 6.62. The van der Waals surface area contributed by atoms with Gasteiger partial charge in [0.05, 0.1) is 18.3 Å². The molecule has 0 aromatic heterocycles. The number of hydrogen-bond acceptors (Lipinski definition) is 2. The van der Waals surface area contributed by atoms with Gasteiger partial charge in [0.1, 0.15) is 11.6 Å². The fourth-order valence-electron chi connectivity index (χ4n) is 1.86. The van der Waals surface area contributed by atoms with E-state index in [1.807, 2.05) is 6.92 Å². The second-order valence-corrected chi connectivity index (χ2v) is 5.34. The number of hydrogen-bond donors (Lipinski definition) is 0. The number of halogens is 3. The van der Waals surface area contributed by atoms with Crippen LogP contribution >= 0.6 is 22.6 Å². The van der Waals surface area contributed by atoms with Crippen LogP contribution in [0.4, 0.5) is 8.78 Å². The van der Waals surface area contributed by atoms with Crippen LogP contribution in [0.2, 0.25) is 0 Å². The molecule has 1 fully saturated rings. The number of carbonyl (C=O) groups is 1. The van der Waals surface area contributed by atoms with E-state index >= 15 is 0 Å². The molecular weight excluding hydrogens is 355 g/mol. The quantitative estimate of drug-likeness (QED) is 0.564. The van der Waals surface area contributed by atoms with Gasteiger partial charge in [0, 0.05) is 22.7 Å². The summed E-state index contributed by atoms with van der Waals surface area (Å²) in [7, 11) is 0. The van der Waals surface area contributed by atoms with Crippen LogP contribution in [-0.2, 0) is 4.74 Å². The lowest BCUT2D eigenvalue weighted by atomic mass is 10.1. The van der Waals surface area contributed by atoms with Crippen LogP contribution in [-0.4, -0.2) is 36.6 Å². The predicted octanol–water partition coefficient (Wildman–Crippen LogP) is 2.43. The number of ether oxygens (including phenoxy) is 1. The van der Waals surface area contributed by atoms with Crippen molar-refractivity contribution in [3.05, 3.63) is 32.9 Å². The third-order valence-corrected chi connectivity index (χ3v) is 3.60. The molecule has 0 saturated carbocycles. The Kier molecular flexibility index (Phi) is 4.16. The van der Waals surface area contributed by atoms with Gasteiger partial charge in [-0.2, -0.15) is 0 Å². The third kappa shape index (κ3) is 2.80. The first-order valence-electron chi connectivity index (χ1n) is 5.54. The topological polar surface area (TPSA) is 29.5 Å². The lowest BCUT2D eigenvalue weighted by molar-refractivity contribution is -0.0125. The summed E-state index contributed by atoms with van der Waals surface area (Å²) in [6.07, 6.45) is -0.0646. The van der Waals surface area contributed by atoms with Crippen LogP contribution in [0.15, 0.2) is 12.1 Å². The maximum absolute atomic E-state index is 13.6. The molecule has 2 rings (SSSR count). The molecule has 1 atom stereocenters. The minimum Gasteiger partial charge on any atom is -0.375 e. The Balaban J connectivity index is 2.25. The SMILES string of the molecule is CC1CN(C(=O)c2cc(I)c(F)cc2F)CCO1. The summed E-state index contributed by atoms with van der Waals surface area (Å²) >= 11 is 1.74. The standard InChI is InChI=1S/C12H12F2INO2/c1-7-6-16(2-3-18-7)12(17)8-4-11(15)10(14)5-9(8)13/h4-5,7H,2-3,6H2,1H3. The molecule has 1 aromatic rings. The summed E-state index contributed by atoms with van der Waals surface area (Å²) in [6.45, 7) is 3.14. The van der Waals surface area contributed by atoms with Crippen molar-refractivity contribution >= 4 is 28.5 Å². The van der Waals surface area contributed by atoms with E-state index in [0.29, 0.717) is 19.7 Å². The summed E-state index contributed by atoms with van der Waals surface area (Å²) in [4.78, 5) is 13.7. The summed E-state index contributed by atoms with van der Waals surface area (Å²) < 4.78 is 32.3. The van der Waals surface area contributed by atoms with Crippen molar-refractivity contribution in [3.8, 4) is 0 Å². The zero-order valence-electron chi connectivity index (χ0n) is 9.75. The molecule has 1 heterocycles. The highest BCUT2D eigenvalue weighted by Crippen LogP contribution is 2.19. The Morgan fingerprint density at radius 1 is 1.44 bits per heavy atom. The Morgan fingerprint density at radius 2 is 2.17 bits per heavy atom. The van der Waals surface area contributed by atoms with Gasteiger partial charge < -0.3 is 9.64 Å². The van der Waals surface area contributed by atoms with Gasteiger partial charge in [0.25, 0.3) is 5.91 Å². The van der Waals surface area contributed by atoms with E-state index in [9.17, 15) is 13.6 Å². The fraction of sp³-hybridized carbons (Fsp3) is 0.417. The summed E-state index contributed by atoms with van der Waals surface area (Å²) in [6, 6.07) is 1.99. The highest BCUT2D eigenvalue weighted by Gasteiger charge is 2.25. The monoisotopic (exact) mass is 367 g/mol. The van der Waals surface area contributed by atoms with Crippen LogP contribution in [0.25, 0.3) is 0 Å². The normalized spacial score (nSPS) is 20.0. The van der Waals surface area contributed by atoms with Gasteiger partial charge >= 0.3 is 0 Å².